The van der Waals surface area contributed by atoms with Crippen LogP contribution < -0.4 is 10.6 Å². The molecule has 3 aromatic rings. The van der Waals surface area contributed by atoms with Crippen LogP contribution in [-0.2, 0) is 9.53 Å². The van der Waals surface area contributed by atoms with Gasteiger partial charge < -0.3 is 20.4 Å². The van der Waals surface area contributed by atoms with Crippen LogP contribution in [0.5, 0.6) is 0 Å². The predicted octanol–water partition coefficient (Wildman–Crippen LogP) is 5.85. The lowest BCUT2D eigenvalue weighted by atomic mass is 9.90. The van der Waals surface area contributed by atoms with Crippen molar-refractivity contribution in [2.45, 2.75) is 51.6 Å². The van der Waals surface area contributed by atoms with Gasteiger partial charge in [-0.25, -0.2) is 18.7 Å². The number of nitrogens with zero attached hydrogens (tertiary/aromatic N) is 2. The van der Waals surface area contributed by atoms with E-state index >= 15 is 0 Å². The molecule has 35 heavy (non-hydrogen) atoms. The number of ether oxygens (including phenoxy) is 1. The van der Waals surface area contributed by atoms with Gasteiger partial charge >= 0.3 is 0 Å². The third-order valence-electron chi connectivity index (χ3n) is 6.17. The van der Waals surface area contributed by atoms with Gasteiger partial charge in [0.05, 0.1) is 23.5 Å². The molecule has 1 unspecified atom stereocenters. The first-order chi connectivity index (χ1) is 16.8. The maximum Gasteiger partial charge on any atom is 0.250 e. The van der Waals surface area contributed by atoms with E-state index in [2.05, 4.69) is 32.2 Å². The molecule has 2 atom stereocenters. The van der Waals surface area contributed by atoms with Crippen LogP contribution in [0.4, 0.5) is 14.6 Å². The number of fused-ring (bicyclic) bond motifs is 1. The molecular weight excluding hydrogens is 476 g/mol. The van der Waals surface area contributed by atoms with Crippen molar-refractivity contribution in [2.24, 2.45) is 0 Å². The van der Waals surface area contributed by atoms with Crippen molar-refractivity contribution in [3.63, 3.8) is 0 Å². The quantitative estimate of drug-likeness (QED) is 0.279. The monoisotopic (exact) mass is 501 g/mol. The molecule has 3 N–H and O–H groups in total. The number of halogens is 3. The zero-order chi connectivity index (χ0) is 25.1. The van der Waals surface area contributed by atoms with Crippen molar-refractivity contribution in [1.29, 1.82) is 0 Å². The number of carbonyl (C=O) groups is 1. The number of hydrogen-bond donors (Lipinski definition) is 3. The Bertz CT molecular complexity index is 1310. The molecule has 0 spiro atoms. The minimum atomic E-state index is -0.597. The first-order valence-corrected chi connectivity index (χ1v) is 11.7. The van der Waals surface area contributed by atoms with E-state index < -0.39 is 11.6 Å². The van der Waals surface area contributed by atoms with Crippen LogP contribution >= 0.6 is 11.6 Å². The van der Waals surface area contributed by atoms with Gasteiger partial charge in [-0.15, -0.1) is 0 Å². The Hall–Kier alpha value is -3.46. The van der Waals surface area contributed by atoms with Crippen LogP contribution in [0.2, 0.25) is 5.02 Å². The molecule has 1 amide bonds. The summed E-state index contributed by atoms with van der Waals surface area (Å²) in [6.07, 6.45) is 7.01. The van der Waals surface area contributed by atoms with E-state index in [1.807, 2.05) is 0 Å². The van der Waals surface area contributed by atoms with E-state index in [1.165, 1.54) is 12.3 Å². The lowest BCUT2D eigenvalue weighted by molar-refractivity contribution is -0.118. The number of allylic oxidation sites excluding steroid dienone is 1. The van der Waals surface area contributed by atoms with E-state index in [-0.39, 0.29) is 40.2 Å². The Morgan fingerprint density at radius 2 is 2.03 bits per heavy atom. The van der Waals surface area contributed by atoms with Crippen LogP contribution in [-0.4, -0.2) is 32.9 Å². The van der Waals surface area contributed by atoms with Gasteiger partial charge in [-0.3, -0.25) is 4.79 Å². The Kier molecular flexibility index (Phi) is 7.35. The second-order valence-electron chi connectivity index (χ2n) is 8.55. The summed E-state index contributed by atoms with van der Waals surface area (Å²) in [5.74, 6) is -0.533. The fourth-order valence-electron chi connectivity index (χ4n) is 4.25. The van der Waals surface area contributed by atoms with Gasteiger partial charge in [-0.1, -0.05) is 18.2 Å². The molecule has 1 fully saturated rings. The number of aromatic nitrogens is 3. The topological polar surface area (TPSA) is 91.9 Å². The molecule has 7 nitrogen and oxygen atoms in total. The van der Waals surface area contributed by atoms with Crippen molar-refractivity contribution < 1.29 is 18.3 Å². The van der Waals surface area contributed by atoms with Crippen LogP contribution in [0.1, 0.15) is 39.5 Å². The second-order valence-corrected chi connectivity index (χ2v) is 8.98. The van der Waals surface area contributed by atoms with Crippen molar-refractivity contribution in [2.75, 3.05) is 5.32 Å². The van der Waals surface area contributed by atoms with Gasteiger partial charge in [0.15, 0.2) is 17.5 Å². The fourth-order valence-corrected chi connectivity index (χ4v) is 4.46. The highest BCUT2D eigenvalue weighted by molar-refractivity contribution is 6.31. The number of rotatable bonds is 7. The van der Waals surface area contributed by atoms with Gasteiger partial charge in [0, 0.05) is 34.3 Å². The molecule has 2 heterocycles. The highest BCUT2D eigenvalue weighted by Gasteiger charge is 2.25. The minimum Gasteiger partial charge on any atom is -0.470 e. The largest absolute Gasteiger partial charge is 0.470 e. The molecule has 1 saturated carbocycles. The molecule has 4 rings (SSSR count). The number of amides is 1. The standard InChI is InChI=1S/C25H26ClF2N5O2/c1-4-35-14(3)13(2)25(34)32-17-7-5-6-16(10-17)31-24-21(28)12-30-23(33-24)19-11-29-22-18(19)8-15(26)9-20(22)27/h4,8-9,11-12,16-17,29H,1,5-7,10H2,2-3H3,(H,32,34)(H,30,31,33)/b14-13+/t16?,17-/m1/s1. The average Bonchev–Trinajstić information content (AvgIpc) is 3.24. The predicted molar refractivity (Wildman–Crippen MR) is 132 cm³/mol. The summed E-state index contributed by atoms with van der Waals surface area (Å²) in [5.41, 5.74) is 1.26. The lowest BCUT2D eigenvalue weighted by Gasteiger charge is -2.31. The molecule has 10 heteroatoms. The van der Waals surface area contributed by atoms with Crippen LogP contribution in [0.15, 0.2) is 48.7 Å². The van der Waals surface area contributed by atoms with Crippen molar-refractivity contribution in [3.05, 3.63) is 65.4 Å². The Morgan fingerprint density at radius 3 is 2.80 bits per heavy atom. The van der Waals surface area contributed by atoms with Gasteiger partial charge in [-0.2, -0.15) is 0 Å². The van der Waals surface area contributed by atoms with E-state index in [0.717, 1.165) is 25.5 Å². The summed E-state index contributed by atoms with van der Waals surface area (Å²) < 4.78 is 34.0. The lowest BCUT2D eigenvalue weighted by Crippen LogP contribution is -2.42. The van der Waals surface area contributed by atoms with Gasteiger partial charge in [0.1, 0.15) is 11.6 Å². The fraction of sp³-hybridized carbons (Fsp3) is 0.320. The summed E-state index contributed by atoms with van der Waals surface area (Å²) >= 11 is 6.02. The molecule has 0 aliphatic heterocycles. The summed E-state index contributed by atoms with van der Waals surface area (Å²) in [5, 5.41) is 6.93. The smallest absolute Gasteiger partial charge is 0.250 e. The number of H-pyrrole nitrogens is 1. The van der Waals surface area contributed by atoms with Gasteiger partial charge in [0.2, 0.25) is 0 Å². The Labute approximate surface area is 206 Å². The normalized spacial score (nSPS) is 18.7. The number of aromatic amines is 1. The van der Waals surface area contributed by atoms with Crippen LogP contribution in [0.25, 0.3) is 22.3 Å². The molecule has 0 bridgehead atoms. The zero-order valence-electron chi connectivity index (χ0n) is 19.4. The molecule has 0 radical (unpaired) electrons. The van der Waals surface area contributed by atoms with Crippen molar-refractivity contribution in [1.82, 2.24) is 20.3 Å². The van der Waals surface area contributed by atoms with Crippen LogP contribution in [0.3, 0.4) is 0 Å². The SMILES string of the molecule is C=CO/C(C)=C(\C)C(=O)N[C@@H]1CCCC(Nc2nc(-c3c[nH]c4c(F)cc(Cl)cc34)ncc2F)C1. The summed E-state index contributed by atoms with van der Waals surface area (Å²) in [6, 6.07) is 2.64. The molecule has 1 aromatic carbocycles. The Morgan fingerprint density at radius 1 is 1.26 bits per heavy atom. The van der Waals surface area contributed by atoms with Crippen molar-refractivity contribution in [3.8, 4) is 11.4 Å². The molecule has 0 saturated heterocycles. The second kappa shape index (κ2) is 10.4. The summed E-state index contributed by atoms with van der Waals surface area (Å²) in [7, 11) is 0. The van der Waals surface area contributed by atoms with E-state index in [1.54, 1.807) is 26.1 Å². The maximum atomic E-state index is 14.6. The van der Waals surface area contributed by atoms with E-state index in [0.29, 0.717) is 28.7 Å². The number of benzene rings is 1. The minimum absolute atomic E-state index is 0.0510. The summed E-state index contributed by atoms with van der Waals surface area (Å²) in [4.78, 5) is 23.9. The van der Waals surface area contributed by atoms with Crippen LogP contribution in [0, 0.1) is 11.6 Å². The molecular formula is C25H26ClF2N5O2. The number of nitrogens with one attached hydrogen (secondary N) is 3. The molecule has 1 aliphatic carbocycles. The van der Waals surface area contributed by atoms with Gasteiger partial charge in [0.25, 0.3) is 5.91 Å². The highest BCUT2D eigenvalue weighted by atomic mass is 35.5. The molecule has 184 valence electrons. The first kappa shape index (κ1) is 24.7. The first-order valence-electron chi connectivity index (χ1n) is 11.3. The number of anilines is 1. The van der Waals surface area contributed by atoms with Gasteiger partial charge in [-0.05, 0) is 51.7 Å². The number of hydrogen-bond acceptors (Lipinski definition) is 5. The summed E-state index contributed by atoms with van der Waals surface area (Å²) in [6.45, 7) is 6.89. The highest BCUT2D eigenvalue weighted by Crippen LogP contribution is 2.32. The van der Waals surface area contributed by atoms with E-state index in [4.69, 9.17) is 16.3 Å². The maximum absolute atomic E-state index is 14.6. The van der Waals surface area contributed by atoms with Crippen molar-refractivity contribution >= 4 is 34.2 Å². The van der Waals surface area contributed by atoms with E-state index in [9.17, 15) is 13.6 Å². The third-order valence-corrected chi connectivity index (χ3v) is 6.39. The molecule has 1 aliphatic rings. The number of carbonyl (C=O) groups excluding carboxylic acids is 1. The third kappa shape index (κ3) is 5.45. The average molecular weight is 502 g/mol. The molecule has 2 aromatic heterocycles. The Balaban J connectivity index is 1.50. The zero-order valence-corrected chi connectivity index (χ0v) is 20.2.